The van der Waals surface area contributed by atoms with Crippen LogP contribution in [0, 0.1) is 0 Å². The second-order valence-corrected chi connectivity index (χ2v) is 5.68. The average molecular weight is 343 g/mol. The highest BCUT2D eigenvalue weighted by atomic mass is 79.9. The third kappa shape index (κ3) is 4.06. The first-order valence-corrected chi connectivity index (χ1v) is 7.46. The highest BCUT2D eigenvalue weighted by molar-refractivity contribution is 9.10. The summed E-state index contributed by atoms with van der Waals surface area (Å²) in [6.07, 6.45) is 5.82. The van der Waals surface area contributed by atoms with E-state index in [0.29, 0.717) is 0 Å². The van der Waals surface area contributed by atoms with Crippen molar-refractivity contribution in [3.8, 4) is 0 Å². The van der Waals surface area contributed by atoms with Crippen LogP contribution in [0.4, 0.5) is 0 Å². The average Bonchev–Trinajstić information content (AvgIpc) is 2.82. The van der Waals surface area contributed by atoms with E-state index in [0.717, 1.165) is 41.3 Å². The van der Waals surface area contributed by atoms with E-state index in [1.54, 1.807) is 0 Å². The lowest BCUT2D eigenvalue weighted by Gasteiger charge is -2.08. The number of benzene rings is 1. The number of hydrogen-bond acceptors (Lipinski definition) is 2. The van der Waals surface area contributed by atoms with Crippen molar-refractivity contribution in [1.82, 2.24) is 14.9 Å². The van der Waals surface area contributed by atoms with Gasteiger partial charge in [0.25, 0.3) is 0 Å². The van der Waals surface area contributed by atoms with Crippen molar-refractivity contribution in [2.75, 3.05) is 13.6 Å². The van der Waals surface area contributed by atoms with Crippen molar-refractivity contribution >= 4 is 27.5 Å². The SMILES string of the molecule is CNCCCn1ccnc1Cc1ccc(Cl)c(Br)c1. The smallest absolute Gasteiger partial charge is 0.113 e. The summed E-state index contributed by atoms with van der Waals surface area (Å²) in [5.41, 5.74) is 1.21. The van der Waals surface area contributed by atoms with E-state index in [9.17, 15) is 0 Å². The molecule has 5 heteroatoms. The lowest BCUT2D eigenvalue weighted by atomic mass is 10.1. The van der Waals surface area contributed by atoms with Gasteiger partial charge in [0.1, 0.15) is 5.82 Å². The van der Waals surface area contributed by atoms with Crippen LogP contribution >= 0.6 is 27.5 Å². The molecular weight excluding hydrogens is 326 g/mol. The number of halogens is 2. The lowest BCUT2D eigenvalue weighted by Crippen LogP contribution is -2.12. The van der Waals surface area contributed by atoms with E-state index >= 15 is 0 Å². The number of hydrogen-bond donors (Lipinski definition) is 1. The molecule has 0 aliphatic heterocycles. The number of imidazole rings is 1. The van der Waals surface area contributed by atoms with E-state index in [1.807, 2.05) is 31.6 Å². The third-order valence-electron chi connectivity index (χ3n) is 2.97. The molecule has 0 fully saturated rings. The molecule has 1 heterocycles. The molecule has 1 N–H and O–H groups in total. The lowest BCUT2D eigenvalue weighted by molar-refractivity contribution is 0.594. The first-order valence-electron chi connectivity index (χ1n) is 6.29. The summed E-state index contributed by atoms with van der Waals surface area (Å²) in [6.45, 7) is 2.01. The molecule has 0 bridgehead atoms. The van der Waals surface area contributed by atoms with Crippen LogP contribution in [0.5, 0.6) is 0 Å². The van der Waals surface area contributed by atoms with Gasteiger partial charge in [-0.1, -0.05) is 17.7 Å². The highest BCUT2D eigenvalue weighted by Gasteiger charge is 2.05. The molecule has 0 aliphatic rings. The minimum atomic E-state index is 0.737. The van der Waals surface area contributed by atoms with E-state index in [1.165, 1.54) is 5.56 Å². The summed E-state index contributed by atoms with van der Waals surface area (Å²) >= 11 is 9.46. The molecule has 0 saturated heterocycles. The van der Waals surface area contributed by atoms with Gasteiger partial charge in [-0.05, 0) is 53.6 Å². The predicted molar refractivity (Wildman–Crippen MR) is 82.7 cm³/mol. The monoisotopic (exact) mass is 341 g/mol. The zero-order chi connectivity index (χ0) is 13.7. The molecule has 1 aromatic heterocycles. The van der Waals surface area contributed by atoms with Crippen molar-refractivity contribution in [3.63, 3.8) is 0 Å². The summed E-state index contributed by atoms with van der Waals surface area (Å²) in [5, 5.41) is 3.90. The van der Waals surface area contributed by atoms with Gasteiger partial charge in [-0.3, -0.25) is 0 Å². The number of aryl methyl sites for hydroxylation is 1. The maximum atomic E-state index is 6.00. The van der Waals surface area contributed by atoms with Gasteiger partial charge in [-0.25, -0.2) is 4.98 Å². The topological polar surface area (TPSA) is 29.9 Å². The van der Waals surface area contributed by atoms with Crippen LogP contribution in [0.3, 0.4) is 0 Å². The van der Waals surface area contributed by atoms with Gasteiger partial charge < -0.3 is 9.88 Å². The van der Waals surface area contributed by atoms with Gasteiger partial charge in [0.15, 0.2) is 0 Å². The van der Waals surface area contributed by atoms with Crippen LogP contribution in [0.25, 0.3) is 0 Å². The molecule has 1 aromatic carbocycles. The Balaban J connectivity index is 2.06. The van der Waals surface area contributed by atoms with Gasteiger partial charge >= 0.3 is 0 Å². The Bertz CT molecular complexity index is 539. The highest BCUT2D eigenvalue weighted by Crippen LogP contribution is 2.24. The number of nitrogens with zero attached hydrogens (tertiary/aromatic N) is 2. The fourth-order valence-corrected chi connectivity index (χ4v) is 2.51. The summed E-state index contributed by atoms with van der Waals surface area (Å²) in [7, 11) is 1.97. The van der Waals surface area contributed by atoms with Gasteiger partial charge in [0.05, 0.1) is 5.02 Å². The summed E-state index contributed by atoms with van der Waals surface area (Å²) in [6, 6.07) is 6.00. The minimum Gasteiger partial charge on any atom is -0.335 e. The van der Waals surface area contributed by atoms with Crippen LogP contribution in [0.1, 0.15) is 17.8 Å². The summed E-state index contributed by atoms with van der Waals surface area (Å²) < 4.78 is 3.14. The normalized spacial score (nSPS) is 10.9. The molecular formula is C14H17BrClN3. The molecule has 3 nitrogen and oxygen atoms in total. The molecule has 0 radical (unpaired) electrons. The molecule has 2 aromatic rings. The fraction of sp³-hybridized carbons (Fsp3) is 0.357. The second kappa shape index (κ2) is 7.08. The molecule has 0 atom stereocenters. The Kier molecular flexibility index (Phi) is 5.43. The van der Waals surface area contributed by atoms with Crippen molar-refractivity contribution < 1.29 is 0 Å². The summed E-state index contributed by atoms with van der Waals surface area (Å²) in [4.78, 5) is 4.44. The van der Waals surface area contributed by atoms with Crippen LogP contribution in [-0.4, -0.2) is 23.1 Å². The minimum absolute atomic E-state index is 0.737. The van der Waals surface area contributed by atoms with Crippen molar-refractivity contribution in [2.45, 2.75) is 19.4 Å². The van der Waals surface area contributed by atoms with Crippen LogP contribution < -0.4 is 5.32 Å². The van der Waals surface area contributed by atoms with Crippen molar-refractivity contribution in [3.05, 3.63) is 51.5 Å². The third-order valence-corrected chi connectivity index (χ3v) is 4.19. The number of nitrogens with one attached hydrogen (secondary N) is 1. The predicted octanol–water partition coefficient (Wildman–Crippen LogP) is 3.50. The van der Waals surface area contributed by atoms with E-state index in [2.05, 4.69) is 36.9 Å². The molecule has 0 unspecified atom stereocenters. The molecule has 0 saturated carbocycles. The number of rotatable bonds is 6. The van der Waals surface area contributed by atoms with Gasteiger partial charge in [-0.15, -0.1) is 0 Å². The first-order chi connectivity index (χ1) is 9.20. The molecule has 0 aliphatic carbocycles. The van der Waals surface area contributed by atoms with Crippen LogP contribution in [0.15, 0.2) is 35.1 Å². The van der Waals surface area contributed by atoms with Crippen LogP contribution in [-0.2, 0) is 13.0 Å². The second-order valence-electron chi connectivity index (χ2n) is 4.42. The Labute approximate surface area is 127 Å². The van der Waals surface area contributed by atoms with Gasteiger partial charge in [0.2, 0.25) is 0 Å². The van der Waals surface area contributed by atoms with Crippen LogP contribution in [0.2, 0.25) is 5.02 Å². The van der Waals surface area contributed by atoms with Gasteiger partial charge in [0, 0.05) is 29.8 Å². The van der Waals surface area contributed by atoms with E-state index in [-0.39, 0.29) is 0 Å². The standard InChI is InChI=1S/C14H17BrClN3/c1-17-5-2-7-19-8-6-18-14(19)10-11-3-4-13(16)12(15)9-11/h3-4,6,8-9,17H,2,5,7,10H2,1H3. The van der Waals surface area contributed by atoms with E-state index < -0.39 is 0 Å². The zero-order valence-corrected chi connectivity index (χ0v) is 13.2. The molecule has 0 amide bonds. The Morgan fingerprint density at radius 2 is 2.26 bits per heavy atom. The largest absolute Gasteiger partial charge is 0.335 e. The molecule has 102 valence electrons. The van der Waals surface area contributed by atoms with E-state index in [4.69, 9.17) is 11.6 Å². The zero-order valence-electron chi connectivity index (χ0n) is 10.9. The number of aromatic nitrogens is 2. The molecule has 19 heavy (non-hydrogen) atoms. The Morgan fingerprint density at radius 3 is 3.00 bits per heavy atom. The quantitative estimate of drug-likeness (QED) is 0.814. The maximum absolute atomic E-state index is 6.00. The summed E-state index contributed by atoms with van der Waals surface area (Å²) in [5.74, 6) is 1.09. The fourth-order valence-electron chi connectivity index (χ4n) is 1.97. The molecule has 2 rings (SSSR count). The van der Waals surface area contributed by atoms with Crippen molar-refractivity contribution in [2.24, 2.45) is 0 Å². The maximum Gasteiger partial charge on any atom is 0.113 e. The molecule has 0 spiro atoms. The van der Waals surface area contributed by atoms with Gasteiger partial charge in [-0.2, -0.15) is 0 Å². The Hall–Kier alpha value is -0.840. The Morgan fingerprint density at radius 1 is 1.42 bits per heavy atom. The van der Waals surface area contributed by atoms with Crippen molar-refractivity contribution in [1.29, 1.82) is 0 Å². The first kappa shape index (κ1) is 14.6.